The van der Waals surface area contributed by atoms with Crippen LogP contribution in [-0.2, 0) is 0 Å². The standard InChI is InChI=1S/C7H11NO2/c8-4-5-6(9)2-1-3-7(5)10/h5-7,9-10H,1-3H2/t5?,6-,7+. The van der Waals surface area contributed by atoms with Gasteiger partial charge in [0, 0.05) is 0 Å². The van der Waals surface area contributed by atoms with Gasteiger partial charge in [0.25, 0.3) is 0 Å². The maximum atomic E-state index is 9.16. The average molecular weight is 141 g/mol. The molecule has 0 aliphatic heterocycles. The van der Waals surface area contributed by atoms with E-state index in [4.69, 9.17) is 15.5 Å². The number of rotatable bonds is 0. The topological polar surface area (TPSA) is 64.2 Å². The summed E-state index contributed by atoms with van der Waals surface area (Å²) in [5.74, 6) is -0.561. The first-order chi connectivity index (χ1) is 4.75. The molecule has 10 heavy (non-hydrogen) atoms. The second-order valence-corrected chi connectivity index (χ2v) is 2.72. The fourth-order valence-electron chi connectivity index (χ4n) is 1.32. The van der Waals surface area contributed by atoms with E-state index >= 15 is 0 Å². The predicted octanol–water partition coefficient (Wildman–Crippen LogP) is 0.0319. The van der Waals surface area contributed by atoms with Crippen LogP contribution in [0, 0.1) is 17.2 Å². The lowest BCUT2D eigenvalue weighted by Gasteiger charge is -2.26. The highest BCUT2D eigenvalue weighted by molar-refractivity contribution is 4.95. The molecule has 3 heteroatoms. The van der Waals surface area contributed by atoms with Crippen molar-refractivity contribution in [1.82, 2.24) is 0 Å². The third kappa shape index (κ3) is 1.28. The Hall–Kier alpha value is -0.590. The van der Waals surface area contributed by atoms with Crippen molar-refractivity contribution < 1.29 is 10.2 Å². The molecule has 0 heterocycles. The summed E-state index contributed by atoms with van der Waals surface area (Å²) < 4.78 is 0. The van der Waals surface area contributed by atoms with Gasteiger partial charge in [0.1, 0.15) is 0 Å². The lowest BCUT2D eigenvalue weighted by Crippen LogP contribution is -2.34. The second-order valence-electron chi connectivity index (χ2n) is 2.72. The highest BCUT2D eigenvalue weighted by Gasteiger charge is 2.30. The summed E-state index contributed by atoms with van der Waals surface area (Å²) in [7, 11) is 0. The van der Waals surface area contributed by atoms with E-state index in [9.17, 15) is 0 Å². The van der Waals surface area contributed by atoms with Crippen LogP contribution >= 0.6 is 0 Å². The van der Waals surface area contributed by atoms with Gasteiger partial charge in [0.2, 0.25) is 0 Å². The van der Waals surface area contributed by atoms with E-state index in [2.05, 4.69) is 0 Å². The van der Waals surface area contributed by atoms with Gasteiger partial charge in [0.05, 0.1) is 24.2 Å². The first kappa shape index (κ1) is 7.52. The van der Waals surface area contributed by atoms with E-state index in [-0.39, 0.29) is 0 Å². The number of aliphatic hydroxyl groups is 2. The zero-order chi connectivity index (χ0) is 7.56. The predicted molar refractivity (Wildman–Crippen MR) is 35.0 cm³/mol. The molecule has 0 aromatic carbocycles. The highest BCUT2D eigenvalue weighted by Crippen LogP contribution is 2.23. The minimum absolute atomic E-state index is 0.561. The largest absolute Gasteiger partial charge is 0.392 e. The van der Waals surface area contributed by atoms with Gasteiger partial charge in [-0.05, 0) is 19.3 Å². The third-order valence-electron chi connectivity index (χ3n) is 1.98. The molecular formula is C7H11NO2. The van der Waals surface area contributed by atoms with E-state index in [0.29, 0.717) is 12.8 Å². The molecule has 0 radical (unpaired) electrons. The molecule has 1 aliphatic carbocycles. The molecule has 0 aromatic heterocycles. The van der Waals surface area contributed by atoms with Crippen molar-refractivity contribution in [1.29, 1.82) is 5.26 Å². The molecule has 1 rings (SSSR count). The fourth-order valence-corrected chi connectivity index (χ4v) is 1.32. The summed E-state index contributed by atoms with van der Waals surface area (Å²) in [6.45, 7) is 0. The summed E-state index contributed by atoms with van der Waals surface area (Å²) in [5.41, 5.74) is 0. The monoisotopic (exact) mass is 141 g/mol. The van der Waals surface area contributed by atoms with Crippen LogP contribution in [0.5, 0.6) is 0 Å². The van der Waals surface area contributed by atoms with Crippen molar-refractivity contribution >= 4 is 0 Å². The minimum atomic E-state index is -0.617. The molecule has 3 nitrogen and oxygen atoms in total. The van der Waals surface area contributed by atoms with Crippen LogP contribution in [0.25, 0.3) is 0 Å². The van der Waals surface area contributed by atoms with Crippen LogP contribution in [0.1, 0.15) is 19.3 Å². The van der Waals surface area contributed by atoms with Crippen LogP contribution in [0.15, 0.2) is 0 Å². The third-order valence-corrected chi connectivity index (χ3v) is 1.98. The molecule has 1 fully saturated rings. The number of hydrogen-bond donors (Lipinski definition) is 2. The number of nitrogens with zero attached hydrogens (tertiary/aromatic N) is 1. The van der Waals surface area contributed by atoms with Crippen molar-refractivity contribution in [2.75, 3.05) is 0 Å². The molecule has 0 amide bonds. The molecule has 1 saturated carbocycles. The zero-order valence-electron chi connectivity index (χ0n) is 5.70. The van der Waals surface area contributed by atoms with Crippen molar-refractivity contribution in [3.63, 3.8) is 0 Å². The zero-order valence-corrected chi connectivity index (χ0v) is 5.70. The Morgan fingerprint density at radius 2 is 1.70 bits per heavy atom. The van der Waals surface area contributed by atoms with Crippen molar-refractivity contribution in [3.05, 3.63) is 0 Å². The van der Waals surface area contributed by atoms with Crippen molar-refractivity contribution in [2.45, 2.75) is 31.5 Å². The van der Waals surface area contributed by atoms with Gasteiger partial charge >= 0.3 is 0 Å². The Bertz CT molecular complexity index is 142. The number of aliphatic hydroxyl groups excluding tert-OH is 2. The Balaban J connectivity index is 2.56. The molecule has 56 valence electrons. The van der Waals surface area contributed by atoms with E-state index in [1.54, 1.807) is 0 Å². The lowest BCUT2D eigenvalue weighted by atomic mass is 9.85. The van der Waals surface area contributed by atoms with E-state index in [1.807, 2.05) is 6.07 Å². The van der Waals surface area contributed by atoms with Crippen molar-refractivity contribution in [2.24, 2.45) is 5.92 Å². The summed E-state index contributed by atoms with van der Waals surface area (Å²) in [5, 5.41) is 26.8. The van der Waals surface area contributed by atoms with E-state index in [1.165, 1.54) is 0 Å². The quantitative estimate of drug-likeness (QED) is 0.500. The SMILES string of the molecule is N#CC1[C@H](O)CCC[C@@H]1O. The van der Waals surface area contributed by atoms with Crippen LogP contribution in [-0.4, -0.2) is 22.4 Å². The first-order valence-electron chi connectivity index (χ1n) is 3.51. The first-order valence-corrected chi connectivity index (χ1v) is 3.51. The summed E-state index contributed by atoms with van der Waals surface area (Å²) in [6, 6.07) is 1.90. The van der Waals surface area contributed by atoms with Crippen LogP contribution in [0.4, 0.5) is 0 Å². The van der Waals surface area contributed by atoms with Gasteiger partial charge in [-0.3, -0.25) is 0 Å². The van der Waals surface area contributed by atoms with Gasteiger partial charge in [-0.1, -0.05) is 0 Å². The average Bonchev–Trinajstić information content (AvgIpc) is 1.88. The highest BCUT2D eigenvalue weighted by atomic mass is 16.3. The second kappa shape index (κ2) is 3.00. The Morgan fingerprint density at radius 3 is 2.00 bits per heavy atom. The molecule has 0 saturated heterocycles. The van der Waals surface area contributed by atoms with Gasteiger partial charge in [-0.25, -0.2) is 0 Å². The molecular weight excluding hydrogens is 130 g/mol. The minimum Gasteiger partial charge on any atom is -0.392 e. The van der Waals surface area contributed by atoms with E-state index in [0.717, 1.165) is 6.42 Å². The molecule has 1 aliphatic rings. The van der Waals surface area contributed by atoms with E-state index < -0.39 is 18.1 Å². The van der Waals surface area contributed by atoms with Crippen LogP contribution in [0.3, 0.4) is 0 Å². The molecule has 0 bridgehead atoms. The molecule has 2 N–H and O–H groups in total. The molecule has 0 aromatic rings. The Kier molecular flexibility index (Phi) is 2.25. The van der Waals surface area contributed by atoms with Crippen molar-refractivity contribution in [3.8, 4) is 6.07 Å². The van der Waals surface area contributed by atoms with Crippen LogP contribution < -0.4 is 0 Å². The number of nitriles is 1. The normalized spacial score (nSPS) is 40.7. The maximum absolute atomic E-state index is 9.16. The van der Waals surface area contributed by atoms with Gasteiger partial charge in [-0.2, -0.15) is 5.26 Å². The smallest absolute Gasteiger partial charge is 0.0980 e. The van der Waals surface area contributed by atoms with Gasteiger partial charge in [0.15, 0.2) is 0 Å². The molecule has 1 unspecified atom stereocenters. The van der Waals surface area contributed by atoms with Crippen LogP contribution in [0.2, 0.25) is 0 Å². The lowest BCUT2D eigenvalue weighted by molar-refractivity contribution is 0.00294. The summed E-state index contributed by atoms with van der Waals surface area (Å²) in [6.07, 6.45) is 0.882. The number of hydrogen-bond acceptors (Lipinski definition) is 3. The summed E-state index contributed by atoms with van der Waals surface area (Å²) in [4.78, 5) is 0. The Morgan fingerprint density at radius 1 is 1.20 bits per heavy atom. The van der Waals surface area contributed by atoms with Gasteiger partial charge in [-0.15, -0.1) is 0 Å². The maximum Gasteiger partial charge on any atom is 0.0980 e. The molecule has 0 spiro atoms. The fraction of sp³-hybridized carbons (Fsp3) is 0.857. The molecule has 3 atom stereocenters. The van der Waals surface area contributed by atoms with Gasteiger partial charge < -0.3 is 10.2 Å². The summed E-state index contributed by atoms with van der Waals surface area (Å²) >= 11 is 0. The Labute approximate surface area is 59.9 Å².